The zero-order chi connectivity index (χ0) is 96.6. The van der Waals surface area contributed by atoms with E-state index in [1.807, 2.05) is 122 Å². The van der Waals surface area contributed by atoms with Crippen molar-refractivity contribution in [3.8, 4) is 0 Å². The summed E-state index contributed by atoms with van der Waals surface area (Å²) in [6, 6.07) is 102. The van der Waals surface area contributed by atoms with Gasteiger partial charge in [0.05, 0.1) is 51.2 Å². The van der Waals surface area contributed by atoms with E-state index in [0.717, 1.165) is 207 Å². The van der Waals surface area contributed by atoms with Gasteiger partial charge >= 0.3 is 0 Å². The quantitative estimate of drug-likeness (QED) is 0.126. The summed E-state index contributed by atoms with van der Waals surface area (Å²) in [4.78, 5) is 51.7. The number of para-hydroxylation sites is 7. The van der Waals surface area contributed by atoms with Gasteiger partial charge in [-0.2, -0.15) is 0 Å². The van der Waals surface area contributed by atoms with Crippen molar-refractivity contribution in [3.05, 3.63) is 356 Å². The normalized spacial score (nSPS) is 16.3. The van der Waals surface area contributed by atoms with Crippen LogP contribution >= 0.6 is 0 Å². The molecule has 5 aliphatic heterocycles. The number of hydrogen-bond acceptors (Lipinski definition) is 21. The Labute approximate surface area is 819 Å². The number of fused-ring (bicyclic) bond motifs is 20. The first kappa shape index (κ1) is 88.3. The Bertz CT molecular complexity index is 7900. The van der Waals surface area contributed by atoms with E-state index in [-0.39, 0.29) is 30.8 Å². The maximum Gasteiger partial charge on any atom is 0.178 e. The van der Waals surface area contributed by atoms with E-state index in [2.05, 4.69) is 364 Å². The number of furan rings is 5. The summed E-state index contributed by atoms with van der Waals surface area (Å²) < 4.78 is 31.8. The van der Waals surface area contributed by atoms with Gasteiger partial charge in [-0.05, 0) is 242 Å². The third-order valence-electron chi connectivity index (χ3n) is 28.6. The molecular weight excluding hydrogens is 1750 g/mol. The lowest BCUT2D eigenvalue weighted by atomic mass is 10.1. The molecule has 0 fully saturated rings. The van der Waals surface area contributed by atoms with Gasteiger partial charge in [0.15, 0.2) is 62.8 Å². The highest BCUT2D eigenvalue weighted by Crippen LogP contribution is 2.56. The zero-order valence-electron chi connectivity index (χ0n) is 82.0. The lowest BCUT2D eigenvalue weighted by Crippen LogP contribution is -2.42. The summed E-state index contributed by atoms with van der Waals surface area (Å²) in [5.41, 5.74) is 27.4. The van der Waals surface area contributed by atoms with Gasteiger partial charge < -0.3 is 61.3 Å². The Morgan fingerprint density at radius 1 is 0.199 bits per heavy atom. The minimum absolute atomic E-state index is 0.0508. The summed E-state index contributed by atoms with van der Waals surface area (Å²) in [5, 5.41) is 11.5. The molecule has 0 saturated heterocycles. The second-order valence-electron chi connectivity index (χ2n) is 38.0. The van der Waals surface area contributed by atoms with Crippen molar-refractivity contribution >= 4 is 207 Å². The zero-order valence-corrected chi connectivity index (χ0v) is 82.0. The molecule has 700 valence electrons. The number of hydrogen-bond donors (Lipinski definition) is 0. The molecule has 22 aromatic rings. The highest BCUT2D eigenvalue weighted by molar-refractivity contribution is 6.16. The van der Waals surface area contributed by atoms with E-state index in [1.165, 1.54) is 27.9 Å². The molecule has 0 bridgehead atoms. The number of pyridine rings is 4. The molecule has 27 rings (SSSR count). The van der Waals surface area contributed by atoms with Crippen molar-refractivity contribution in [2.24, 2.45) is 0 Å². The van der Waals surface area contributed by atoms with Crippen LogP contribution in [0, 0.1) is 34.6 Å². The summed E-state index contributed by atoms with van der Waals surface area (Å²) in [6.07, 6.45) is 11.5. The topological polar surface area (TPSA) is 175 Å². The average molecular weight is 1860 g/mol. The highest BCUT2D eigenvalue weighted by Gasteiger charge is 2.45. The highest BCUT2D eigenvalue weighted by atomic mass is 16.3. The summed E-state index contributed by atoms with van der Waals surface area (Å²) in [5.74, 6) is 5.75. The summed E-state index contributed by atoms with van der Waals surface area (Å²) in [6.45, 7) is 35.1. The van der Waals surface area contributed by atoms with E-state index in [4.69, 9.17) is 42.0 Å². The summed E-state index contributed by atoms with van der Waals surface area (Å²) >= 11 is 0. The van der Waals surface area contributed by atoms with Gasteiger partial charge in [0, 0.05) is 121 Å². The lowest BCUT2D eigenvalue weighted by molar-refractivity contribution is 0.598. The molecular formula is C120H110N16O5. The van der Waals surface area contributed by atoms with Crippen molar-refractivity contribution in [2.75, 3.05) is 49.0 Å². The molecule has 21 nitrogen and oxygen atoms in total. The van der Waals surface area contributed by atoms with Crippen LogP contribution in [0.25, 0.3) is 110 Å². The van der Waals surface area contributed by atoms with Gasteiger partial charge in [-0.15, -0.1) is 0 Å². The van der Waals surface area contributed by atoms with Crippen molar-refractivity contribution in [2.45, 2.75) is 160 Å². The Balaban J connectivity index is 0.0000000982. The molecule has 5 atom stereocenters. The maximum absolute atomic E-state index is 6.40. The van der Waals surface area contributed by atoms with Crippen LogP contribution in [0.5, 0.6) is 0 Å². The number of aryl methyl sites for hydroxylation is 5. The molecule has 0 radical (unpaired) electrons. The van der Waals surface area contributed by atoms with E-state index in [0.29, 0.717) is 18.1 Å². The predicted octanol–water partition coefficient (Wildman–Crippen LogP) is 31.3. The third kappa shape index (κ3) is 14.5. The van der Waals surface area contributed by atoms with Crippen LogP contribution in [0.15, 0.2) is 350 Å². The van der Waals surface area contributed by atoms with Crippen LogP contribution < -0.4 is 49.0 Å². The second-order valence-corrected chi connectivity index (χ2v) is 38.0. The Morgan fingerprint density at radius 2 is 0.447 bits per heavy atom. The van der Waals surface area contributed by atoms with Crippen LogP contribution in [-0.2, 0) is 0 Å². The van der Waals surface area contributed by atoms with Crippen molar-refractivity contribution in [3.63, 3.8) is 0 Å². The molecule has 0 saturated carbocycles. The Morgan fingerprint density at radius 3 is 0.823 bits per heavy atom. The minimum Gasteiger partial charge on any atom is -0.454 e. The molecule has 10 aromatic heterocycles. The number of aromatic nitrogens is 6. The molecule has 5 unspecified atom stereocenters. The van der Waals surface area contributed by atoms with Gasteiger partial charge in [0.2, 0.25) is 0 Å². The molecule has 5 aliphatic rings. The first-order valence-electron chi connectivity index (χ1n) is 48.9. The number of anilines is 17. The van der Waals surface area contributed by atoms with Gasteiger partial charge in [0.25, 0.3) is 0 Å². The first-order valence-corrected chi connectivity index (χ1v) is 48.9. The average Bonchev–Trinajstić information content (AvgIpc) is 1.59. The van der Waals surface area contributed by atoms with Crippen LogP contribution in [-0.4, -0.2) is 78.9 Å². The SMILES string of the molecule is Cc1ccc2c(oc3ccccc32)c1N1c2cccnc2N(C(C)C)C1C.Cc1ccc2c(oc3ccccc32)c1N1c2cccnc2N(c2ccccc2)C1C.Cc1ccc2c(oc3ccccc32)c1N1c2ncccc2N(C(C)C)C1C.Cc1ccc2c(oc3ccccc32)c1N1c2ncccc2N(c2ccccc2)C1C.Cc1ccc2c(oc3ccccc32)c1N1c2nccnc2N(C(C)C)C1C. The van der Waals surface area contributed by atoms with E-state index < -0.39 is 0 Å². The number of nitrogens with zero attached hydrogens (tertiary/aromatic N) is 16. The van der Waals surface area contributed by atoms with Crippen molar-refractivity contribution < 1.29 is 22.1 Å². The Kier molecular flexibility index (Phi) is 22.2. The van der Waals surface area contributed by atoms with Gasteiger partial charge in [-0.25, -0.2) is 29.9 Å². The van der Waals surface area contributed by atoms with E-state index in [1.54, 1.807) is 12.4 Å². The third-order valence-corrected chi connectivity index (χ3v) is 28.6. The molecule has 0 spiro atoms. The number of rotatable bonds is 10. The fraction of sp³-hybridized carbons (Fsp3) is 0.200. The molecule has 0 amide bonds. The van der Waals surface area contributed by atoms with Crippen LogP contribution in [0.1, 0.15) is 104 Å². The number of benzene rings is 12. The van der Waals surface area contributed by atoms with E-state index in [9.17, 15) is 0 Å². The summed E-state index contributed by atoms with van der Waals surface area (Å²) in [7, 11) is 0. The van der Waals surface area contributed by atoms with E-state index >= 15 is 0 Å². The second kappa shape index (κ2) is 35.4. The first-order chi connectivity index (χ1) is 68.7. The molecule has 141 heavy (non-hydrogen) atoms. The largest absolute Gasteiger partial charge is 0.454 e. The minimum atomic E-state index is 0.0508. The van der Waals surface area contributed by atoms with Crippen LogP contribution in [0.3, 0.4) is 0 Å². The fourth-order valence-corrected chi connectivity index (χ4v) is 22.5. The molecule has 15 heterocycles. The smallest absolute Gasteiger partial charge is 0.178 e. The van der Waals surface area contributed by atoms with Crippen molar-refractivity contribution in [1.29, 1.82) is 0 Å². The van der Waals surface area contributed by atoms with Gasteiger partial charge in [0.1, 0.15) is 58.7 Å². The molecule has 0 aliphatic carbocycles. The molecule has 0 N–H and O–H groups in total. The monoisotopic (exact) mass is 1850 g/mol. The molecule has 21 heteroatoms. The fourth-order valence-electron chi connectivity index (χ4n) is 22.5. The van der Waals surface area contributed by atoms with Crippen LogP contribution in [0.2, 0.25) is 0 Å². The lowest BCUT2D eigenvalue weighted by Gasteiger charge is -2.33. The van der Waals surface area contributed by atoms with Crippen LogP contribution in [0.4, 0.5) is 97.5 Å². The van der Waals surface area contributed by atoms with Gasteiger partial charge in [-0.1, -0.05) is 188 Å². The predicted molar refractivity (Wildman–Crippen MR) is 579 cm³/mol. The van der Waals surface area contributed by atoms with Crippen molar-refractivity contribution in [1.82, 2.24) is 29.9 Å². The standard InChI is InChI=1S/2C26H21N3O.2C23H23N3O.C22H22N4O/c1-17-14-15-21-20-11-6-7-13-23(20)30-25(21)24(17)29-18(2)28(19-9-4-3-5-10-19)26-22(29)12-8-16-27-26;1-17-14-15-21-20-11-6-7-13-23(20)30-25(21)24(17)29-18(2)28(19-9-4-3-5-10-19)22-12-8-16-27-26(22)29;1-14(2)25-16(4)26(19-9-7-13-24-23(19)25)21-15(3)11-12-18-17-8-5-6-10-20(17)27-22(18)21;1-14(2)25-16(4)26(23-19(25)9-7-13-24-23)21-15(3)11-12-18-17-8-5-6-10-20(17)27-22(18)21;1-13(2)25-15(4)26(22-21(25)23-11-12-24-22)19-14(3)9-10-17-16-7-5-6-8-18(16)27-20(17)19/h2*3-16,18H,1-2H3;2*5-14,16H,1-4H3;5-13,15H,1-4H3. The molecule has 12 aromatic carbocycles. The Hall–Kier alpha value is -16.7. The van der Waals surface area contributed by atoms with Gasteiger partial charge in [-0.3, -0.25) is 9.80 Å². The maximum atomic E-state index is 6.40.